The van der Waals surface area contributed by atoms with Crippen molar-refractivity contribution in [2.45, 2.75) is 26.8 Å². The Hall–Kier alpha value is -1.01. The summed E-state index contributed by atoms with van der Waals surface area (Å²) < 4.78 is 11.4. The molecule has 138 valence electrons. The maximum absolute atomic E-state index is 10.0. The molecule has 1 heterocycles. The minimum Gasteiger partial charge on any atom is -0.496 e. The molecule has 1 aromatic rings. The van der Waals surface area contributed by atoms with Crippen LogP contribution in [0.4, 0.5) is 0 Å². The summed E-state index contributed by atoms with van der Waals surface area (Å²) >= 11 is 0. The molecule has 1 aliphatic heterocycles. The summed E-state index contributed by atoms with van der Waals surface area (Å²) in [6.45, 7) is 10.1. The zero-order chi connectivity index (χ0) is 17.0. The molecule has 0 bridgehead atoms. The summed E-state index contributed by atoms with van der Waals surface area (Å²) in [5, 5.41) is 13.4. The first-order chi connectivity index (χ1) is 10.9. The van der Waals surface area contributed by atoms with Crippen LogP contribution in [0.2, 0.25) is 0 Å². The Labute approximate surface area is 151 Å². The maximum atomic E-state index is 10.0. The molecule has 2 N–H and O–H groups in total. The van der Waals surface area contributed by atoms with Crippen LogP contribution in [0, 0.1) is 12.3 Å². The number of piperazine rings is 1. The number of aliphatic hydroxyl groups is 1. The van der Waals surface area contributed by atoms with E-state index in [4.69, 9.17) is 9.47 Å². The monoisotopic (exact) mass is 358 g/mol. The first-order valence-electron chi connectivity index (χ1n) is 8.22. The van der Waals surface area contributed by atoms with E-state index < -0.39 is 0 Å². The fraction of sp³-hybridized carbons (Fsp3) is 0.667. The standard InChI is InChI=1S/C18H30N2O3.ClH/c1-13-10-14(22-4)16(15(11-13)23-5)17(18(2,3)12-21)20-8-6-19-7-9-20;/h10-11,17,19,21H,6-9,12H2,1-5H3;1H/t17-;/m1./s1. The molecule has 2 rings (SSSR count). The SMILES string of the molecule is COc1cc(C)cc(OC)c1[C@@H](N1CCNCC1)C(C)(C)CO.Cl. The summed E-state index contributed by atoms with van der Waals surface area (Å²) in [6, 6.07) is 4.11. The molecule has 24 heavy (non-hydrogen) atoms. The quantitative estimate of drug-likeness (QED) is 0.817. The van der Waals surface area contributed by atoms with Crippen LogP contribution in [0.3, 0.4) is 0 Å². The number of ether oxygens (including phenoxy) is 2. The average Bonchev–Trinajstić information content (AvgIpc) is 2.56. The minimum atomic E-state index is -0.312. The molecule has 1 fully saturated rings. The Morgan fingerprint density at radius 2 is 1.67 bits per heavy atom. The van der Waals surface area contributed by atoms with E-state index in [9.17, 15) is 5.11 Å². The Morgan fingerprint density at radius 3 is 2.08 bits per heavy atom. The molecule has 0 aliphatic carbocycles. The number of benzene rings is 1. The lowest BCUT2D eigenvalue weighted by Crippen LogP contribution is -2.49. The van der Waals surface area contributed by atoms with E-state index in [1.54, 1.807) is 14.2 Å². The summed E-state index contributed by atoms with van der Waals surface area (Å²) in [6.07, 6.45) is 0. The van der Waals surface area contributed by atoms with Crippen LogP contribution in [-0.2, 0) is 0 Å². The van der Waals surface area contributed by atoms with Crippen LogP contribution in [0.25, 0.3) is 0 Å². The number of nitrogens with zero attached hydrogens (tertiary/aromatic N) is 1. The number of methoxy groups -OCH3 is 2. The van der Waals surface area contributed by atoms with Crippen molar-refractivity contribution < 1.29 is 14.6 Å². The summed E-state index contributed by atoms with van der Waals surface area (Å²) in [7, 11) is 3.39. The second-order valence-electron chi connectivity index (χ2n) is 6.92. The maximum Gasteiger partial charge on any atom is 0.127 e. The average molecular weight is 359 g/mol. The highest BCUT2D eigenvalue weighted by atomic mass is 35.5. The fourth-order valence-corrected chi connectivity index (χ4v) is 3.43. The van der Waals surface area contributed by atoms with E-state index in [0.717, 1.165) is 48.8 Å². The molecule has 6 heteroatoms. The summed E-state index contributed by atoms with van der Waals surface area (Å²) in [5.74, 6) is 1.65. The van der Waals surface area contributed by atoms with E-state index in [-0.39, 0.29) is 30.5 Å². The van der Waals surface area contributed by atoms with Crippen molar-refractivity contribution in [2.75, 3.05) is 47.0 Å². The van der Waals surface area contributed by atoms with E-state index in [1.165, 1.54) is 0 Å². The number of hydrogen-bond acceptors (Lipinski definition) is 5. The predicted molar refractivity (Wildman–Crippen MR) is 99.6 cm³/mol. The Kier molecular flexibility index (Phi) is 7.80. The molecule has 1 aromatic carbocycles. The van der Waals surface area contributed by atoms with Crippen LogP contribution < -0.4 is 14.8 Å². The first-order valence-corrected chi connectivity index (χ1v) is 8.22. The molecular formula is C18H31ClN2O3. The van der Waals surface area contributed by atoms with Crippen molar-refractivity contribution in [3.8, 4) is 11.5 Å². The van der Waals surface area contributed by atoms with Gasteiger partial charge in [0.2, 0.25) is 0 Å². The van der Waals surface area contributed by atoms with Gasteiger partial charge in [-0.15, -0.1) is 12.4 Å². The highest BCUT2D eigenvalue weighted by Gasteiger charge is 2.39. The third kappa shape index (κ3) is 4.33. The van der Waals surface area contributed by atoms with Gasteiger partial charge in [0.25, 0.3) is 0 Å². The molecule has 0 spiro atoms. The van der Waals surface area contributed by atoms with Crippen molar-refractivity contribution in [1.29, 1.82) is 0 Å². The number of rotatable bonds is 6. The lowest BCUT2D eigenvalue weighted by molar-refractivity contribution is 0.0279. The number of aliphatic hydroxyl groups excluding tert-OH is 1. The Morgan fingerprint density at radius 1 is 1.17 bits per heavy atom. The highest BCUT2D eigenvalue weighted by molar-refractivity contribution is 5.85. The zero-order valence-electron chi connectivity index (χ0n) is 15.4. The van der Waals surface area contributed by atoms with Gasteiger partial charge in [-0.05, 0) is 24.6 Å². The third-order valence-electron chi connectivity index (χ3n) is 4.63. The predicted octanol–water partition coefficient (Wildman–Crippen LogP) is 2.40. The first kappa shape index (κ1) is 21.0. The largest absolute Gasteiger partial charge is 0.496 e. The van der Waals surface area contributed by atoms with Gasteiger partial charge in [-0.2, -0.15) is 0 Å². The van der Waals surface area contributed by atoms with Gasteiger partial charge in [0.15, 0.2) is 0 Å². The van der Waals surface area contributed by atoms with Gasteiger partial charge < -0.3 is 19.9 Å². The smallest absolute Gasteiger partial charge is 0.127 e. The van der Waals surface area contributed by atoms with Crippen LogP contribution in [0.5, 0.6) is 11.5 Å². The lowest BCUT2D eigenvalue weighted by Gasteiger charge is -2.44. The summed E-state index contributed by atoms with van der Waals surface area (Å²) in [5.41, 5.74) is 1.82. The number of hydrogen-bond donors (Lipinski definition) is 2. The van der Waals surface area contributed by atoms with Gasteiger partial charge >= 0.3 is 0 Å². The van der Waals surface area contributed by atoms with Crippen LogP contribution in [0.1, 0.15) is 31.0 Å². The fourth-order valence-electron chi connectivity index (χ4n) is 3.43. The molecule has 0 unspecified atom stereocenters. The van der Waals surface area contributed by atoms with Gasteiger partial charge in [-0.25, -0.2) is 0 Å². The molecule has 0 aromatic heterocycles. The molecule has 1 saturated heterocycles. The second-order valence-corrected chi connectivity index (χ2v) is 6.92. The molecule has 0 radical (unpaired) electrons. The Balaban J connectivity index is 0.00000288. The van der Waals surface area contributed by atoms with E-state index in [1.807, 2.05) is 19.1 Å². The van der Waals surface area contributed by atoms with Crippen molar-refractivity contribution in [1.82, 2.24) is 10.2 Å². The van der Waals surface area contributed by atoms with Gasteiger partial charge in [0, 0.05) is 44.2 Å². The van der Waals surface area contributed by atoms with Gasteiger partial charge in [-0.3, -0.25) is 4.90 Å². The topological polar surface area (TPSA) is 54.0 Å². The van der Waals surface area contributed by atoms with E-state index in [0.29, 0.717) is 0 Å². The highest BCUT2D eigenvalue weighted by Crippen LogP contribution is 2.46. The molecule has 0 saturated carbocycles. The summed E-state index contributed by atoms with van der Waals surface area (Å²) in [4.78, 5) is 2.42. The van der Waals surface area contributed by atoms with Crippen LogP contribution >= 0.6 is 12.4 Å². The number of aryl methyl sites for hydroxylation is 1. The minimum absolute atomic E-state index is 0. The van der Waals surface area contributed by atoms with Crippen molar-refractivity contribution in [3.05, 3.63) is 23.3 Å². The number of nitrogens with one attached hydrogen (secondary N) is 1. The van der Waals surface area contributed by atoms with Gasteiger partial charge in [-0.1, -0.05) is 13.8 Å². The van der Waals surface area contributed by atoms with Crippen LogP contribution in [-0.4, -0.2) is 57.0 Å². The Bertz CT molecular complexity index is 506. The van der Waals surface area contributed by atoms with Gasteiger partial charge in [0.05, 0.1) is 19.8 Å². The number of halogens is 1. The molecule has 5 nitrogen and oxygen atoms in total. The van der Waals surface area contributed by atoms with Crippen LogP contribution in [0.15, 0.2) is 12.1 Å². The van der Waals surface area contributed by atoms with Crippen molar-refractivity contribution >= 4 is 12.4 Å². The van der Waals surface area contributed by atoms with E-state index in [2.05, 4.69) is 24.1 Å². The normalized spacial score (nSPS) is 17.1. The zero-order valence-corrected chi connectivity index (χ0v) is 16.2. The second kappa shape index (κ2) is 8.90. The van der Waals surface area contributed by atoms with Gasteiger partial charge in [0.1, 0.15) is 11.5 Å². The van der Waals surface area contributed by atoms with E-state index >= 15 is 0 Å². The third-order valence-corrected chi connectivity index (χ3v) is 4.63. The molecule has 1 atom stereocenters. The van der Waals surface area contributed by atoms with Crippen molar-refractivity contribution in [3.63, 3.8) is 0 Å². The molecule has 0 amide bonds. The lowest BCUT2D eigenvalue weighted by atomic mass is 9.78. The molecular weight excluding hydrogens is 328 g/mol. The molecule has 1 aliphatic rings. The van der Waals surface area contributed by atoms with Crippen molar-refractivity contribution in [2.24, 2.45) is 5.41 Å².